The van der Waals surface area contributed by atoms with Crippen molar-refractivity contribution in [3.8, 4) is 28.6 Å². The van der Waals surface area contributed by atoms with Crippen LogP contribution in [0.5, 0.6) is 17.4 Å². The third-order valence-corrected chi connectivity index (χ3v) is 6.69. The number of pyridine rings is 2. The molecule has 3 heterocycles. The van der Waals surface area contributed by atoms with Gasteiger partial charge in [-0.3, -0.25) is 14.6 Å². The number of aryl methyl sites for hydroxylation is 1. The van der Waals surface area contributed by atoms with Gasteiger partial charge in [-0.2, -0.15) is 0 Å². The molecule has 1 fully saturated rings. The molecule has 1 aromatic carbocycles. The van der Waals surface area contributed by atoms with Gasteiger partial charge in [0, 0.05) is 38.0 Å². The molecule has 192 valence electrons. The number of hydrogen-bond donors (Lipinski definition) is 0. The lowest BCUT2D eigenvalue weighted by Crippen LogP contribution is -2.26. The Kier molecular flexibility index (Phi) is 5.85. The molecule has 1 aliphatic carbocycles. The molecule has 2 aliphatic rings. The Bertz CT molecular complexity index is 1420. The third kappa shape index (κ3) is 4.47. The number of halogens is 2. The fraction of sp³-hybridized carbons (Fsp3) is 0.333. The number of amides is 1. The fourth-order valence-electron chi connectivity index (χ4n) is 4.53. The van der Waals surface area contributed by atoms with Gasteiger partial charge in [0.05, 0.1) is 18.2 Å². The monoisotopic (exact) mass is 509 g/mol. The number of Topliss-reactive ketones (excluding diaryl/α,β-unsaturated/α-hetero) is 1. The molecule has 0 atom stereocenters. The van der Waals surface area contributed by atoms with Gasteiger partial charge in [-0.1, -0.05) is 12.1 Å². The highest BCUT2D eigenvalue weighted by Gasteiger charge is 2.52. The number of fused-ring (bicyclic) bond motifs is 1. The minimum Gasteiger partial charge on any atom is -0.480 e. The van der Waals surface area contributed by atoms with Gasteiger partial charge in [0.15, 0.2) is 11.5 Å². The maximum atomic E-state index is 13.4. The van der Waals surface area contributed by atoms with Crippen molar-refractivity contribution in [2.45, 2.75) is 37.9 Å². The zero-order chi connectivity index (χ0) is 26.5. The lowest BCUT2D eigenvalue weighted by atomic mass is 9.88. The van der Waals surface area contributed by atoms with E-state index in [0.717, 1.165) is 5.56 Å². The average Bonchev–Trinajstić information content (AvgIpc) is 3.61. The van der Waals surface area contributed by atoms with Crippen molar-refractivity contribution < 1.29 is 32.6 Å². The summed E-state index contributed by atoms with van der Waals surface area (Å²) in [6, 6.07) is 9.83. The van der Waals surface area contributed by atoms with Crippen LogP contribution >= 0.6 is 0 Å². The molecule has 1 aliphatic heterocycles. The van der Waals surface area contributed by atoms with E-state index in [2.05, 4.69) is 14.5 Å². The molecule has 0 radical (unpaired) electrons. The smallest absolute Gasteiger partial charge is 0.480 e. The molecule has 1 amide bonds. The largest absolute Gasteiger partial charge is 0.586 e. The van der Waals surface area contributed by atoms with Gasteiger partial charge in [0.25, 0.3) is 5.91 Å². The Morgan fingerprint density at radius 3 is 2.49 bits per heavy atom. The van der Waals surface area contributed by atoms with Crippen LogP contribution in [0, 0.1) is 6.92 Å². The van der Waals surface area contributed by atoms with E-state index < -0.39 is 11.7 Å². The number of benzene rings is 1. The highest BCUT2D eigenvalue weighted by atomic mass is 19.3. The zero-order valence-corrected chi connectivity index (χ0v) is 20.8. The van der Waals surface area contributed by atoms with Crippen LogP contribution in [0.2, 0.25) is 0 Å². The molecule has 1 saturated carbocycles. The van der Waals surface area contributed by atoms with Crippen LogP contribution in [0.4, 0.5) is 8.78 Å². The predicted octanol–water partition coefficient (Wildman–Crippen LogP) is 4.33. The standard InChI is InChI=1S/C27H25F2N3O5/c1-15-5-7-18(31-23(15)16-11-19(25(34)32(2)3)24(35-4)30-14-16)13-22(33)26(9-10-26)17-6-8-20-21(12-17)37-27(28,29)36-20/h5-8,11-12,14H,9-10,13H2,1-4H3. The molecule has 37 heavy (non-hydrogen) atoms. The van der Waals surface area contributed by atoms with Gasteiger partial charge in [-0.15, -0.1) is 8.78 Å². The average molecular weight is 510 g/mol. The molecule has 0 unspecified atom stereocenters. The van der Waals surface area contributed by atoms with Crippen LogP contribution in [-0.2, 0) is 16.6 Å². The molecule has 0 bridgehead atoms. The van der Waals surface area contributed by atoms with Crippen molar-refractivity contribution in [1.82, 2.24) is 14.9 Å². The predicted molar refractivity (Wildman–Crippen MR) is 129 cm³/mol. The molecule has 5 rings (SSSR count). The van der Waals surface area contributed by atoms with Crippen LogP contribution in [0.25, 0.3) is 11.3 Å². The van der Waals surface area contributed by atoms with Crippen LogP contribution in [-0.4, -0.2) is 54.1 Å². The summed E-state index contributed by atoms with van der Waals surface area (Å²) in [4.78, 5) is 36.5. The van der Waals surface area contributed by atoms with Crippen LogP contribution in [0.3, 0.4) is 0 Å². The van der Waals surface area contributed by atoms with Gasteiger partial charge in [-0.05, 0) is 55.2 Å². The van der Waals surface area contributed by atoms with Crippen molar-refractivity contribution >= 4 is 11.7 Å². The first-order chi connectivity index (χ1) is 17.5. The Morgan fingerprint density at radius 1 is 1.08 bits per heavy atom. The van der Waals surface area contributed by atoms with E-state index >= 15 is 0 Å². The van der Waals surface area contributed by atoms with Gasteiger partial charge in [0.2, 0.25) is 5.88 Å². The minimum atomic E-state index is -3.71. The van der Waals surface area contributed by atoms with Crippen molar-refractivity contribution in [2.75, 3.05) is 21.2 Å². The van der Waals surface area contributed by atoms with E-state index in [1.807, 2.05) is 13.0 Å². The Balaban J connectivity index is 1.42. The number of aromatic nitrogens is 2. The zero-order valence-electron chi connectivity index (χ0n) is 20.8. The molecule has 8 nitrogen and oxygen atoms in total. The summed E-state index contributed by atoms with van der Waals surface area (Å²) >= 11 is 0. The second kappa shape index (κ2) is 8.79. The summed E-state index contributed by atoms with van der Waals surface area (Å²) in [6.45, 7) is 1.89. The molecule has 0 saturated heterocycles. The van der Waals surface area contributed by atoms with E-state index in [1.54, 1.807) is 38.5 Å². The normalized spacial score (nSPS) is 16.3. The van der Waals surface area contributed by atoms with E-state index in [4.69, 9.17) is 9.72 Å². The molecule has 2 aromatic heterocycles. The number of carbonyl (C=O) groups excluding carboxylic acids is 2. The van der Waals surface area contributed by atoms with E-state index in [-0.39, 0.29) is 35.5 Å². The van der Waals surface area contributed by atoms with Crippen molar-refractivity contribution in [1.29, 1.82) is 0 Å². The van der Waals surface area contributed by atoms with E-state index in [9.17, 15) is 18.4 Å². The van der Waals surface area contributed by atoms with Crippen LogP contribution < -0.4 is 14.2 Å². The van der Waals surface area contributed by atoms with Gasteiger partial charge >= 0.3 is 6.29 Å². The van der Waals surface area contributed by atoms with Crippen LogP contribution in [0.1, 0.15) is 40.0 Å². The maximum Gasteiger partial charge on any atom is 0.586 e. The number of ether oxygens (including phenoxy) is 3. The molecule has 0 spiro atoms. The second-order valence-electron chi connectivity index (χ2n) is 9.46. The number of ketones is 1. The molecule has 3 aromatic rings. The minimum absolute atomic E-state index is 0.0536. The number of nitrogens with zero attached hydrogens (tertiary/aromatic N) is 3. The number of hydrogen-bond acceptors (Lipinski definition) is 7. The Hall–Kier alpha value is -4.08. The van der Waals surface area contributed by atoms with Crippen molar-refractivity contribution in [3.05, 3.63) is 65.0 Å². The number of methoxy groups -OCH3 is 1. The molecule has 0 N–H and O–H groups in total. The topological polar surface area (TPSA) is 90.9 Å². The van der Waals surface area contributed by atoms with Crippen LogP contribution in [0.15, 0.2) is 42.6 Å². The highest BCUT2D eigenvalue weighted by molar-refractivity contribution is 5.97. The van der Waals surface area contributed by atoms with E-state index in [0.29, 0.717) is 40.9 Å². The first-order valence-electron chi connectivity index (χ1n) is 11.7. The Labute approximate surface area is 212 Å². The maximum absolute atomic E-state index is 13.4. The number of alkyl halides is 2. The van der Waals surface area contributed by atoms with Crippen molar-refractivity contribution in [3.63, 3.8) is 0 Å². The molecular weight excluding hydrogens is 484 g/mol. The lowest BCUT2D eigenvalue weighted by Gasteiger charge is -2.16. The SMILES string of the molecule is COc1ncc(-c2nc(CC(=O)C3(c4ccc5c(c4)OC(F)(F)O5)CC3)ccc2C)cc1C(=O)N(C)C. The number of rotatable bonds is 7. The van der Waals surface area contributed by atoms with Gasteiger partial charge in [0.1, 0.15) is 11.3 Å². The summed E-state index contributed by atoms with van der Waals surface area (Å²) < 4.78 is 41.2. The number of carbonyl (C=O) groups is 2. The second-order valence-corrected chi connectivity index (χ2v) is 9.46. The fourth-order valence-corrected chi connectivity index (χ4v) is 4.53. The first kappa shape index (κ1) is 24.6. The van der Waals surface area contributed by atoms with Gasteiger partial charge < -0.3 is 19.1 Å². The summed E-state index contributed by atoms with van der Waals surface area (Å²) in [5.74, 6) is -0.234. The quantitative estimate of drug-likeness (QED) is 0.468. The molecular formula is C27H25F2N3O5. The first-order valence-corrected chi connectivity index (χ1v) is 11.7. The summed E-state index contributed by atoms with van der Waals surface area (Å²) in [5, 5.41) is 0. The summed E-state index contributed by atoms with van der Waals surface area (Å²) in [5.41, 5.74) is 2.79. The molecule has 10 heteroatoms. The third-order valence-electron chi connectivity index (χ3n) is 6.69. The summed E-state index contributed by atoms with van der Waals surface area (Å²) in [6.07, 6.45) is -0.850. The summed E-state index contributed by atoms with van der Waals surface area (Å²) in [7, 11) is 4.73. The van der Waals surface area contributed by atoms with Crippen molar-refractivity contribution in [2.24, 2.45) is 0 Å². The van der Waals surface area contributed by atoms with Gasteiger partial charge in [-0.25, -0.2) is 4.98 Å². The van der Waals surface area contributed by atoms with E-state index in [1.165, 1.54) is 24.1 Å². The Morgan fingerprint density at radius 2 is 1.81 bits per heavy atom. The lowest BCUT2D eigenvalue weighted by molar-refractivity contribution is -0.286. The highest BCUT2D eigenvalue weighted by Crippen LogP contribution is 2.52.